The Balaban J connectivity index is 1.71. The summed E-state index contributed by atoms with van der Waals surface area (Å²) in [5.41, 5.74) is 2.42. The van der Waals surface area contributed by atoms with E-state index in [-0.39, 0.29) is 23.5 Å². The van der Waals surface area contributed by atoms with E-state index in [1.807, 2.05) is 6.07 Å². The fourth-order valence-electron chi connectivity index (χ4n) is 2.71. The largest absolute Gasteiger partial charge is 0.342 e. The zero-order chi connectivity index (χ0) is 16.2. The monoisotopic (exact) mass is 324 g/mol. The molecule has 5 nitrogen and oxygen atoms in total. The van der Waals surface area contributed by atoms with E-state index in [1.165, 1.54) is 11.1 Å². The van der Waals surface area contributed by atoms with E-state index in [2.05, 4.69) is 30.4 Å². The Morgan fingerprint density at radius 1 is 1.41 bits per heavy atom. The number of benzene rings is 1. The van der Waals surface area contributed by atoms with Gasteiger partial charge in [-0.05, 0) is 18.9 Å². The maximum atomic E-state index is 12.1. The molecule has 1 aliphatic rings. The topological polar surface area (TPSA) is 66.5 Å². The number of carbonyl (C=O) groups is 1. The molecule has 6 heteroatoms. The van der Waals surface area contributed by atoms with Crippen molar-refractivity contribution in [3.63, 3.8) is 0 Å². The molecule has 1 aliphatic heterocycles. The van der Waals surface area contributed by atoms with Crippen molar-refractivity contribution in [2.75, 3.05) is 25.1 Å². The van der Waals surface area contributed by atoms with Crippen LogP contribution in [0.1, 0.15) is 24.0 Å². The molecule has 0 aliphatic carbocycles. The van der Waals surface area contributed by atoms with E-state index >= 15 is 0 Å². The van der Waals surface area contributed by atoms with Gasteiger partial charge >= 0.3 is 0 Å². The predicted octanol–water partition coefficient (Wildman–Crippen LogP) is 1.12. The summed E-state index contributed by atoms with van der Waals surface area (Å²) in [5, 5.41) is 3.26. The molecule has 0 bridgehead atoms. The van der Waals surface area contributed by atoms with E-state index in [9.17, 15) is 13.2 Å². The summed E-state index contributed by atoms with van der Waals surface area (Å²) in [6.07, 6.45) is 0.945. The van der Waals surface area contributed by atoms with Crippen LogP contribution in [0.3, 0.4) is 0 Å². The van der Waals surface area contributed by atoms with E-state index in [0.717, 1.165) is 6.54 Å². The quantitative estimate of drug-likeness (QED) is 0.797. The second-order valence-corrected chi connectivity index (χ2v) is 8.21. The number of nitrogens with one attached hydrogen (secondary N) is 1. The molecule has 0 aromatic heterocycles. The van der Waals surface area contributed by atoms with Crippen molar-refractivity contribution < 1.29 is 13.2 Å². The van der Waals surface area contributed by atoms with Crippen LogP contribution in [0.5, 0.6) is 0 Å². The van der Waals surface area contributed by atoms with Gasteiger partial charge in [0.25, 0.3) is 0 Å². The Bertz CT molecular complexity index is 628. The number of amides is 1. The zero-order valence-electron chi connectivity index (χ0n) is 13.2. The van der Waals surface area contributed by atoms with Crippen LogP contribution >= 0.6 is 0 Å². The molecular weight excluding hydrogens is 300 g/mol. The minimum Gasteiger partial charge on any atom is -0.342 e. The van der Waals surface area contributed by atoms with Crippen molar-refractivity contribution in [2.45, 2.75) is 32.4 Å². The third-order valence-corrected chi connectivity index (χ3v) is 5.83. The van der Waals surface area contributed by atoms with Crippen LogP contribution in [-0.4, -0.2) is 50.4 Å². The average molecular weight is 324 g/mol. The lowest BCUT2D eigenvalue weighted by molar-refractivity contribution is -0.131. The van der Waals surface area contributed by atoms with Gasteiger partial charge < -0.3 is 10.2 Å². The van der Waals surface area contributed by atoms with Gasteiger partial charge in [-0.15, -0.1) is 0 Å². The zero-order valence-corrected chi connectivity index (χ0v) is 14.0. The molecule has 1 atom stereocenters. The van der Waals surface area contributed by atoms with Crippen LogP contribution < -0.4 is 5.32 Å². The SMILES string of the molecule is Cc1cccc(CNCCC(=O)N(C)C2CCS(=O)(=O)C2)c1. The van der Waals surface area contributed by atoms with E-state index in [0.29, 0.717) is 19.4 Å². The highest BCUT2D eigenvalue weighted by molar-refractivity contribution is 7.91. The molecular formula is C16H24N2O3S. The first-order valence-corrected chi connectivity index (χ1v) is 9.42. The average Bonchev–Trinajstić information content (AvgIpc) is 2.83. The smallest absolute Gasteiger partial charge is 0.223 e. The van der Waals surface area contributed by atoms with Crippen molar-refractivity contribution in [2.24, 2.45) is 0 Å². The minimum atomic E-state index is -2.95. The summed E-state index contributed by atoms with van der Waals surface area (Å²) in [4.78, 5) is 13.7. The standard InChI is InChI=1S/C16H24N2O3S/c1-13-4-3-5-14(10-13)11-17-8-6-16(19)18(2)15-7-9-22(20,21)12-15/h3-5,10,15,17H,6-9,11-12H2,1-2H3. The Hall–Kier alpha value is -1.40. The Kier molecular flexibility index (Phi) is 5.58. The summed E-state index contributed by atoms with van der Waals surface area (Å²) in [6.45, 7) is 3.38. The number of hydrogen-bond acceptors (Lipinski definition) is 4. The van der Waals surface area contributed by atoms with Crippen LogP contribution in [0.4, 0.5) is 0 Å². The van der Waals surface area contributed by atoms with Gasteiger partial charge in [-0.1, -0.05) is 29.8 Å². The third-order valence-electron chi connectivity index (χ3n) is 4.08. The summed E-state index contributed by atoms with van der Waals surface area (Å²) in [6, 6.07) is 8.08. The van der Waals surface area contributed by atoms with Crippen LogP contribution in [0.2, 0.25) is 0 Å². The highest BCUT2D eigenvalue weighted by atomic mass is 32.2. The molecule has 122 valence electrons. The predicted molar refractivity (Wildman–Crippen MR) is 87.3 cm³/mol. The lowest BCUT2D eigenvalue weighted by atomic mass is 10.1. The first-order valence-electron chi connectivity index (χ1n) is 7.60. The Morgan fingerprint density at radius 2 is 2.18 bits per heavy atom. The number of nitrogens with zero attached hydrogens (tertiary/aromatic N) is 1. The van der Waals surface area contributed by atoms with Gasteiger partial charge in [-0.3, -0.25) is 4.79 Å². The number of rotatable bonds is 6. The first-order chi connectivity index (χ1) is 10.4. The molecule has 1 aromatic carbocycles. The summed E-state index contributed by atoms with van der Waals surface area (Å²) in [7, 11) is -1.25. The second-order valence-electron chi connectivity index (χ2n) is 5.98. The Labute approximate surface area is 132 Å². The van der Waals surface area contributed by atoms with Crippen molar-refractivity contribution in [3.05, 3.63) is 35.4 Å². The van der Waals surface area contributed by atoms with Gasteiger partial charge in [0.1, 0.15) is 0 Å². The first kappa shape index (κ1) is 17.0. The highest BCUT2D eigenvalue weighted by Crippen LogP contribution is 2.17. The number of aryl methyl sites for hydroxylation is 1. The molecule has 22 heavy (non-hydrogen) atoms. The molecule has 0 radical (unpaired) electrons. The number of carbonyl (C=O) groups excluding carboxylic acids is 1. The molecule has 1 amide bonds. The van der Waals surface area contributed by atoms with E-state index < -0.39 is 9.84 Å². The highest BCUT2D eigenvalue weighted by Gasteiger charge is 2.32. The van der Waals surface area contributed by atoms with Gasteiger partial charge in [0.2, 0.25) is 5.91 Å². The summed E-state index contributed by atoms with van der Waals surface area (Å²) >= 11 is 0. The fraction of sp³-hybridized carbons (Fsp3) is 0.562. The molecule has 0 saturated carbocycles. The molecule has 0 spiro atoms. The fourth-order valence-corrected chi connectivity index (χ4v) is 4.49. The maximum Gasteiger partial charge on any atom is 0.223 e. The number of sulfone groups is 1. The van der Waals surface area contributed by atoms with Gasteiger partial charge in [-0.25, -0.2) is 8.42 Å². The number of hydrogen-bond donors (Lipinski definition) is 1. The molecule has 1 N–H and O–H groups in total. The van der Waals surface area contributed by atoms with Crippen LogP contribution in [0.25, 0.3) is 0 Å². The van der Waals surface area contributed by atoms with E-state index in [4.69, 9.17) is 0 Å². The summed E-state index contributed by atoms with van der Waals surface area (Å²) in [5.74, 6) is 0.297. The van der Waals surface area contributed by atoms with Crippen LogP contribution in [-0.2, 0) is 21.2 Å². The molecule has 1 unspecified atom stereocenters. The third kappa shape index (κ3) is 4.81. The van der Waals surface area contributed by atoms with Crippen molar-refractivity contribution in [1.29, 1.82) is 0 Å². The molecule has 1 fully saturated rings. The Morgan fingerprint density at radius 3 is 2.82 bits per heavy atom. The van der Waals surface area contributed by atoms with Gasteiger partial charge in [-0.2, -0.15) is 0 Å². The van der Waals surface area contributed by atoms with Crippen molar-refractivity contribution in [3.8, 4) is 0 Å². The van der Waals surface area contributed by atoms with Crippen molar-refractivity contribution in [1.82, 2.24) is 10.2 Å². The van der Waals surface area contributed by atoms with Crippen LogP contribution in [0, 0.1) is 6.92 Å². The van der Waals surface area contributed by atoms with E-state index in [1.54, 1.807) is 11.9 Å². The summed E-state index contributed by atoms with van der Waals surface area (Å²) < 4.78 is 22.9. The second kappa shape index (κ2) is 7.24. The molecule has 1 aromatic rings. The van der Waals surface area contributed by atoms with Crippen LogP contribution in [0.15, 0.2) is 24.3 Å². The van der Waals surface area contributed by atoms with Gasteiger partial charge in [0, 0.05) is 32.6 Å². The molecule has 2 rings (SSSR count). The van der Waals surface area contributed by atoms with Crippen molar-refractivity contribution >= 4 is 15.7 Å². The maximum absolute atomic E-state index is 12.1. The van der Waals surface area contributed by atoms with Gasteiger partial charge in [0.05, 0.1) is 11.5 Å². The van der Waals surface area contributed by atoms with Gasteiger partial charge in [0.15, 0.2) is 9.84 Å². The lowest BCUT2D eigenvalue weighted by Crippen LogP contribution is -2.39. The molecule has 1 heterocycles. The lowest BCUT2D eigenvalue weighted by Gasteiger charge is -2.23. The molecule has 1 saturated heterocycles. The minimum absolute atomic E-state index is 0.00107. The normalized spacial score (nSPS) is 20.0.